The topological polar surface area (TPSA) is 71.5 Å². The van der Waals surface area contributed by atoms with Gasteiger partial charge in [-0.15, -0.1) is 0 Å². The van der Waals surface area contributed by atoms with Crippen LogP contribution in [0.1, 0.15) is 41.7 Å². The molecule has 2 atom stereocenters. The van der Waals surface area contributed by atoms with E-state index in [2.05, 4.69) is 15.0 Å². The van der Waals surface area contributed by atoms with E-state index >= 15 is 0 Å². The highest BCUT2D eigenvalue weighted by molar-refractivity contribution is 6.30. The molecule has 2 N–H and O–H groups in total. The zero-order chi connectivity index (χ0) is 24.4. The number of alkyl halides is 6. The molecule has 1 aliphatic carbocycles. The predicted octanol–water partition coefficient (Wildman–Crippen LogP) is 5.40. The van der Waals surface area contributed by atoms with Crippen LogP contribution < -0.4 is 10.1 Å². The Balaban J connectivity index is 2.09. The first-order chi connectivity index (χ1) is 15.3. The first kappa shape index (κ1) is 25.1. The number of hydrogen-bond donors (Lipinski definition) is 2. The fraction of sp³-hybridized carbons (Fsp3) is 0.429. The van der Waals surface area contributed by atoms with E-state index in [-0.39, 0.29) is 16.1 Å². The maximum Gasteiger partial charge on any atom is 0.434 e. The van der Waals surface area contributed by atoms with Crippen molar-refractivity contribution in [2.24, 2.45) is 0 Å². The molecule has 1 aromatic heterocycles. The summed E-state index contributed by atoms with van der Waals surface area (Å²) < 4.78 is 83.8. The summed E-state index contributed by atoms with van der Waals surface area (Å²) in [6, 6.07) is 5.47. The largest absolute Gasteiger partial charge is 0.468 e. The predicted molar refractivity (Wildman–Crippen MR) is 107 cm³/mol. The molecule has 33 heavy (non-hydrogen) atoms. The molecule has 180 valence electrons. The third-order valence-electron chi connectivity index (χ3n) is 5.07. The Hall–Kier alpha value is -2.53. The van der Waals surface area contributed by atoms with Crippen LogP contribution in [0.3, 0.4) is 0 Å². The summed E-state index contributed by atoms with van der Waals surface area (Å²) in [5, 5.41) is 12.7. The fourth-order valence-corrected chi connectivity index (χ4v) is 3.63. The Bertz CT molecular complexity index is 995. The average molecular weight is 497 g/mol. The molecule has 1 saturated carbocycles. The summed E-state index contributed by atoms with van der Waals surface area (Å²) in [6.45, 7) is -1.88. The van der Waals surface area contributed by atoms with Crippen LogP contribution in [0.15, 0.2) is 30.3 Å². The normalized spacial score (nSPS) is 19.3. The van der Waals surface area contributed by atoms with E-state index in [1.165, 1.54) is 24.3 Å². The number of halogens is 7. The monoisotopic (exact) mass is 496 g/mol. The Kier molecular flexibility index (Phi) is 7.42. The number of rotatable bonds is 5. The number of aliphatic hydroxyl groups is 1. The summed E-state index contributed by atoms with van der Waals surface area (Å²) in [4.78, 5) is 16.1. The van der Waals surface area contributed by atoms with E-state index in [0.29, 0.717) is 19.3 Å². The average Bonchev–Trinajstić information content (AvgIpc) is 2.72. The van der Waals surface area contributed by atoms with Crippen molar-refractivity contribution in [1.82, 2.24) is 10.3 Å². The maximum atomic E-state index is 13.7. The third-order valence-corrected chi connectivity index (χ3v) is 5.33. The van der Waals surface area contributed by atoms with E-state index in [4.69, 9.17) is 11.6 Å². The van der Waals surface area contributed by atoms with Gasteiger partial charge < -0.3 is 15.2 Å². The maximum absolute atomic E-state index is 13.7. The molecule has 5 nitrogen and oxygen atoms in total. The van der Waals surface area contributed by atoms with Gasteiger partial charge in [-0.3, -0.25) is 4.79 Å². The summed E-state index contributed by atoms with van der Waals surface area (Å²) >= 11 is 5.82. The first-order valence-electron chi connectivity index (χ1n) is 9.92. The zero-order valence-corrected chi connectivity index (χ0v) is 17.7. The second-order valence-corrected chi connectivity index (χ2v) is 8.01. The summed E-state index contributed by atoms with van der Waals surface area (Å²) in [6.07, 6.45) is -8.76. The first-order valence-corrected chi connectivity index (χ1v) is 10.3. The van der Waals surface area contributed by atoms with E-state index < -0.39 is 54.1 Å². The van der Waals surface area contributed by atoms with Crippen LogP contribution in [0.2, 0.25) is 5.02 Å². The summed E-state index contributed by atoms with van der Waals surface area (Å²) in [7, 11) is 0. The highest BCUT2D eigenvalue weighted by Gasteiger charge is 2.40. The van der Waals surface area contributed by atoms with Crippen molar-refractivity contribution in [3.8, 4) is 17.0 Å². The number of hydrogen-bond acceptors (Lipinski definition) is 4. The number of amides is 1. The van der Waals surface area contributed by atoms with Gasteiger partial charge in [0.2, 0.25) is 5.88 Å². The van der Waals surface area contributed by atoms with Crippen molar-refractivity contribution in [2.75, 3.05) is 6.61 Å². The number of carbonyl (C=O) groups is 1. The van der Waals surface area contributed by atoms with Crippen molar-refractivity contribution in [2.45, 2.75) is 50.2 Å². The minimum atomic E-state index is -5.16. The number of aromatic nitrogens is 1. The number of carbonyl (C=O) groups excluding carboxylic acids is 1. The van der Waals surface area contributed by atoms with Crippen LogP contribution in [-0.2, 0) is 6.18 Å². The number of ether oxygens (including phenoxy) is 1. The Morgan fingerprint density at radius 1 is 1.12 bits per heavy atom. The van der Waals surface area contributed by atoms with Gasteiger partial charge in [0, 0.05) is 10.6 Å². The van der Waals surface area contributed by atoms with Gasteiger partial charge in [0.1, 0.15) is 0 Å². The van der Waals surface area contributed by atoms with Crippen molar-refractivity contribution in [3.63, 3.8) is 0 Å². The molecule has 1 aromatic carbocycles. The number of aliphatic hydroxyl groups excluding tert-OH is 1. The number of nitrogens with one attached hydrogen (secondary N) is 1. The van der Waals surface area contributed by atoms with E-state index in [1.54, 1.807) is 0 Å². The van der Waals surface area contributed by atoms with Crippen LogP contribution in [0.25, 0.3) is 11.1 Å². The number of nitrogens with zero attached hydrogens (tertiary/aromatic N) is 1. The number of benzene rings is 1. The van der Waals surface area contributed by atoms with Crippen molar-refractivity contribution in [3.05, 3.63) is 46.6 Å². The molecule has 12 heteroatoms. The molecule has 1 heterocycles. The summed E-state index contributed by atoms with van der Waals surface area (Å²) in [5.41, 5.74) is -2.70. The minimum Gasteiger partial charge on any atom is -0.468 e. The third kappa shape index (κ3) is 6.50. The molecule has 0 unspecified atom stereocenters. The Labute approximate surface area is 189 Å². The van der Waals surface area contributed by atoms with Gasteiger partial charge in [-0.25, -0.2) is 4.98 Å². The van der Waals surface area contributed by atoms with Gasteiger partial charge in [-0.05, 0) is 36.6 Å². The van der Waals surface area contributed by atoms with Gasteiger partial charge in [-0.2, -0.15) is 26.3 Å². The van der Waals surface area contributed by atoms with Gasteiger partial charge in [0.15, 0.2) is 12.3 Å². The lowest BCUT2D eigenvalue weighted by Crippen LogP contribution is -2.45. The molecule has 2 aromatic rings. The van der Waals surface area contributed by atoms with E-state index in [0.717, 1.165) is 12.5 Å². The molecule has 0 aliphatic heterocycles. The Morgan fingerprint density at radius 3 is 2.33 bits per heavy atom. The van der Waals surface area contributed by atoms with Gasteiger partial charge in [0.25, 0.3) is 5.91 Å². The fourth-order valence-electron chi connectivity index (χ4n) is 3.51. The van der Waals surface area contributed by atoms with Crippen LogP contribution >= 0.6 is 11.6 Å². The van der Waals surface area contributed by atoms with Gasteiger partial charge in [-0.1, -0.05) is 36.6 Å². The molecule has 0 spiro atoms. The van der Waals surface area contributed by atoms with Crippen molar-refractivity contribution >= 4 is 17.5 Å². The molecule has 1 fully saturated rings. The highest BCUT2D eigenvalue weighted by atomic mass is 35.5. The molecule has 0 radical (unpaired) electrons. The van der Waals surface area contributed by atoms with Crippen LogP contribution in [-0.4, -0.2) is 40.9 Å². The van der Waals surface area contributed by atoms with Crippen LogP contribution in [0, 0.1) is 0 Å². The standard InChI is InChI=1S/C21H19ClF6N2O3/c22-12-7-5-11(6-8-12)13-9-14(18(32)29-15-3-1-2-4-16(15)31)17(21(26,27)28)30-19(13)33-10-20(23,24)25/h5-9,15-16,31H,1-4,10H2,(H,29,32)/t15-,16+/m1/s1. The quantitative estimate of drug-likeness (QED) is 0.544. The lowest BCUT2D eigenvalue weighted by molar-refractivity contribution is -0.154. The van der Waals surface area contributed by atoms with E-state index in [9.17, 15) is 36.2 Å². The van der Waals surface area contributed by atoms with E-state index in [1.807, 2.05) is 0 Å². The SMILES string of the molecule is O=C(N[C@@H]1CCCC[C@@H]1O)c1cc(-c2ccc(Cl)cc2)c(OCC(F)(F)F)nc1C(F)(F)F. The smallest absolute Gasteiger partial charge is 0.434 e. The lowest BCUT2D eigenvalue weighted by Gasteiger charge is -2.28. The van der Waals surface area contributed by atoms with Gasteiger partial charge >= 0.3 is 12.4 Å². The molecule has 3 rings (SSSR count). The molecular formula is C21H19ClF6N2O3. The highest BCUT2D eigenvalue weighted by Crippen LogP contribution is 2.38. The van der Waals surface area contributed by atoms with Crippen LogP contribution in [0.5, 0.6) is 5.88 Å². The second-order valence-electron chi connectivity index (χ2n) is 7.58. The number of pyridine rings is 1. The molecular weight excluding hydrogens is 478 g/mol. The van der Waals surface area contributed by atoms with Crippen LogP contribution in [0.4, 0.5) is 26.3 Å². The van der Waals surface area contributed by atoms with Crippen molar-refractivity contribution in [1.29, 1.82) is 0 Å². The zero-order valence-electron chi connectivity index (χ0n) is 16.9. The molecule has 1 aliphatic rings. The molecule has 0 bridgehead atoms. The lowest BCUT2D eigenvalue weighted by atomic mass is 9.92. The van der Waals surface area contributed by atoms with Gasteiger partial charge in [0.05, 0.1) is 17.7 Å². The molecule has 1 amide bonds. The Morgan fingerprint density at radius 2 is 1.76 bits per heavy atom. The molecule has 0 saturated heterocycles. The van der Waals surface area contributed by atoms with Crippen molar-refractivity contribution < 1.29 is 41.0 Å². The second kappa shape index (κ2) is 9.76. The summed E-state index contributed by atoms with van der Waals surface area (Å²) in [5.74, 6) is -2.09. The minimum absolute atomic E-state index is 0.143.